The number of hydrogen-bond donors (Lipinski definition) is 1. The van der Waals surface area contributed by atoms with Gasteiger partial charge in [-0.15, -0.1) is 0 Å². The van der Waals surface area contributed by atoms with Gasteiger partial charge in [0, 0.05) is 18.3 Å². The highest BCUT2D eigenvalue weighted by atomic mass is 35.5. The Morgan fingerprint density at radius 1 is 1.20 bits per heavy atom. The largest absolute Gasteiger partial charge is 0.494 e. The predicted octanol–water partition coefficient (Wildman–Crippen LogP) is 3.87. The molecule has 0 aliphatic carbocycles. The average Bonchev–Trinajstić information content (AvgIpc) is 2.57. The smallest absolute Gasteiger partial charge is 0.244 e. The van der Waals surface area contributed by atoms with E-state index in [1.807, 2.05) is 6.92 Å². The summed E-state index contributed by atoms with van der Waals surface area (Å²) in [5, 5.41) is 2.50. The number of ether oxygens (including phenoxy) is 1. The quantitative estimate of drug-likeness (QED) is 0.846. The van der Waals surface area contributed by atoms with Crippen LogP contribution in [0.3, 0.4) is 0 Å². The fourth-order valence-electron chi connectivity index (χ4n) is 2.19. The van der Waals surface area contributed by atoms with Gasteiger partial charge in [0.1, 0.15) is 18.1 Å². The first-order chi connectivity index (χ1) is 11.9. The first-order valence-corrected chi connectivity index (χ1v) is 8.04. The molecule has 0 aliphatic heterocycles. The highest BCUT2D eigenvalue weighted by Crippen LogP contribution is 2.21. The molecule has 1 N–H and O–H groups in total. The third-order valence-corrected chi connectivity index (χ3v) is 3.63. The van der Waals surface area contributed by atoms with Crippen LogP contribution in [0.25, 0.3) is 0 Å². The number of hydrogen-bond acceptors (Lipinski definition) is 3. The number of anilines is 2. The minimum atomic E-state index is -0.570. The van der Waals surface area contributed by atoms with E-state index in [9.17, 15) is 14.0 Å². The summed E-state index contributed by atoms with van der Waals surface area (Å²) in [5.41, 5.74) is 0.926. The van der Waals surface area contributed by atoms with Crippen molar-refractivity contribution in [2.75, 3.05) is 23.4 Å². The maximum absolute atomic E-state index is 13.2. The second kappa shape index (κ2) is 8.48. The normalized spacial score (nSPS) is 10.2. The molecule has 0 heterocycles. The Morgan fingerprint density at radius 2 is 1.88 bits per heavy atom. The Hall–Kier alpha value is -2.60. The molecule has 0 saturated heterocycles. The Bertz CT molecular complexity index is 765. The highest BCUT2D eigenvalue weighted by molar-refractivity contribution is 6.31. The van der Waals surface area contributed by atoms with Gasteiger partial charge in [0.2, 0.25) is 11.8 Å². The topological polar surface area (TPSA) is 58.6 Å². The molecule has 25 heavy (non-hydrogen) atoms. The lowest BCUT2D eigenvalue weighted by atomic mass is 10.2. The van der Waals surface area contributed by atoms with Gasteiger partial charge in [-0.05, 0) is 49.4 Å². The summed E-state index contributed by atoms with van der Waals surface area (Å²) < 4.78 is 18.5. The van der Waals surface area contributed by atoms with Crippen molar-refractivity contribution in [2.45, 2.75) is 13.8 Å². The van der Waals surface area contributed by atoms with Crippen molar-refractivity contribution in [1.29, 1.82) is 0 Å². The molecule has 7 heteroatoms. The zero-order chi connectivity index (χ0) is 18.4. The lowest BCUT2D eigenvalue weighted by molar-refractivity contribution is -0.120. The van der Waals surface area contributed by atoms with Crippen LogP contribution in [-0.4, -0.2) is 25.0 Å². The number of rotatable bonds is 6. The van der Waals surface area contributed by atoms with Crippen LogP contribution < -0.4 is 15.0 Å². The standard InChI is InChI=1S/C18H18ClFN2O3/c1-3-25-15-7-5-14(6-8-15)22(12(2)23)11-18(24)21-13-4-9-17(20)16(19)10-13/h4-10H,3,11H2,1-2H3,(H,21,24). The van der Waals surface area contributed by atoms with E-state index in [0.29, 0.717) is 23.7 Å². The van der Waals surface area contributed by atoms with Crippen LogP contribution >= 0.6 is 11.6 Å². The molecule has 2 aromatic rings. The van der Waals surface area contributed by atoms with E-state index in [-0.39, 0.29) is 17.5 Å². The zero-order valence-electron chi connectivity index (χ0n) is 13.9. The molecular weight excluding hydrogens is 347 g/mol. The summed E-state index contributed by atoms with van der Waals surface area (Å²) in [6, 6.07) is 10.7. The van der Waals surface area contributed by atoms with Crippen molar-refractivity contribution in [1.82, 2.24) is 0 Å². The van der Waals surface area contributed by atoms with Crippen molar-refractivity contribution < 1.29 is 18.7 Å². The number of nitrogens with zero attached hydrogens (tertiary/aromatic N) is 1. The van der Waals surface area contributed by atoms with Crippen LogP contribution in [0.4, 0.5) is 15.8 Å². The van der Waals surface area contributed by atoms with Crippen molar-refractivity contribution in [2.24, 2.45) is 0 Å². The monoisotopic (exact) mass is 364 g/mol. The fourth-order valence-corrected chi connectivity index (χ4v) is 2.37. The van der Waals surface area contributed by atoms with Gasteiger partial charge >= 0.3 is 0 Å². The van der Waals surface area contributed by atoms with Crippen molar-refractivity contribution in [3.05, 3.63) is 53.3 Å². The van der Waals surface area contributed by atoms with Crippen molar-refractivity contribution >= 4 is 34.8 Å². The van der Waals surface area contributed by atoms with Crippen LogP contribution in [0.15, 0.2) is 42.5 Å². The zero-order valence-corrected chi connectivity index (χ0v) is 14.6. The maximum Gasteiger partial charge on any atom is 0.244 e. The first kappa shape index (κ1) is 18.7. The Kier molecular flexibility index (Phi) is 6.36. The molecule has 0 unspecified atom stereocenters. The fraction of sp³-hybridized carbons (Fsp3) is 0.222. The SMILES string of the molecule is CCOc1ccc(N(CC(=O)Nc2ccc(F)c(Cl)c2)C(C)=O)cc1. The summed E-state index contributed by atoms with van der Waals surface area (Å²) in [6.45, 7) is 3.61. The second-order valence-corrected chi connectivity index (χ2v) is 5.62. The summed E-state index contributed by atoms with van der Waals surface area (Å²) in [4.78, 5) is 25.4. The van der Waals surface area contributed by atoms with Gasteiger partial charge in [0.25, 0.3) is 0 Å². The molecule has 0 aromatic heterocycles. The first-order valence-electron chi connectivity index (χ1n) is 7.66. The Balaban J connectivity index is 2.08. The summed E-state index contributed by atoms with van der Waals surface area (Å²) in [5.74, 6) is -0.595. The van der Waals surface area contributed by atoms with E-state index in [1.165, 1.54) is 24.0 Å². The van der Waals surface area contributed by atoms with Gasteiger partial charge in [0.05, 0.1) is 11.6 Å². The van der Waals surface area contributed by atoms with Gasteiger partial charge in [-0.2, -0.15) is 0 Å². The number of amides is 2. The lowest BCUT2D eigenvalue weighted by Crippen LogP contribution is -2.36. The predicted molar refractivity (Wildman–Crippen MR) is 95.7 cm³/mol. The molecular formula is C18H18ClFN2O3. The second-order valence-electron chi connectivity index (χ2n) is 5.21. The van der Waals surface area contributed by atoms with Crippen LogP contribution in [0, 0.1) is 5.82 Å². The van der Waals surface area contributed by atoms with E-state index in [1.54, 1.807) is 24.3 Å². The van der Waals surface area contributed by atoms with Gasteiger partial charge in [-0.25, -0.2) is 4.39 Å². The summed E-state index contributed by atoms with van der Waals surface area (Å²) >= 11 is 5.69. The van der Waals surface area contributed by atoms with E-state index < -0.39 is 11.7 Å². The number of carbonyl (C=O) groups is 2. The van der Waals surface area contributed by atoms with Crippen molar-refractivity contribution in [3.63, 3.8) is 0 Å². The maximum atomic E-state index is 13.2. The molecule has 5 nitrogen and oxygen atoms in total. The molecule has 2 aromatic carbocycles. The van der Waals surface area contributed by atoms with E-state index >= 15 is 0 Å². The third kappa shape index (κ3) is 5.19. The summed E-state index contributed by atoms with van der Waals surface area (Å²) in [6.07, 6.45) is 0. The van der Waals surface area contributed by atoms with Crippen LogP contribution in [0.5, 0.6) is 5.75 Å². The minimum Gasteiger partial charge on any atom is -0.494 e. The summed E-state index contributed by atoms with van der Waals surface area (Å²) in [7, 11) is 0. The van der Waals surface area contributed by atoms with Gasteiger partial charge in [-0.3, -0.25) is 9.59 Å². The molecule has 0 bridgehead atoms. The molecule has 2 rings (SSSR count). The molecule has 0 spiro atoms. The van der Waals surface area contributed by atoms with E-state index in [0.717, 1.165) is 6.07 Å². The molecule has 132 valence electrons. The van der Waals surface area contributed by atoms with Gasteiger partial charge < -0.3 is 15.0 Å². The highest BCUT2D eigenvalue weighted by Gasteiger charge is 2.16. The molecule has 0 saturated carbocycles. The van der Waals surface area contributed by atoms with Gasteiger partial charge in [-0.1, -0.05) is 11.6 Å². The molecule has 2 amide bonds. The lowest BCUT2D eigenvalue weighted by Gasteiger charge is -2.21. The minimum absolute atomic E-state index is 0.0901. The number of benzene rings is 2. The van der Waals surface area contributed by atoms with Crippen LogP contribution in [0.2, 0.25) is 5.02 Å². The molecule has 0 radical (unpaired) electrons. The number of carbonyl (C=O) groups excluding carboxylic acids is 2. The average molecular weight is 365 g/mol. The molecule has 0 aliphatic rings. The van der Waals surface area contributed by atoms with Crippen LogP contribution in [0.1, 0.15) is 13.8 Å². The van der Waals surface area contributed by atoms with E-state index in [2.05, 4.69) is 5.32 Å². The Labute approximate surface area is 150 Å². The van der Waals surface area contributed by atoms with Crippen LogP contribution in [-0.2, 0) is 9.59 Å². The van der Waals surface area contributed by atoms with Crippen molar-refractivity contribution in [3.8, 4) is 5.75 Å². The van der Waals surface area contributed by atoms with E-state index in [4.69, 9.17) is 16.3 Å². The number of nitrogens with one attached hydrogen (secondary N) is 1. The number of halogens is 2. The van der Waals surface area contributed by atoms with Gasteiger partial charge in [0.15, 0.2) is 0 Å². The molecule has 0 atom stereocenters. The Morgan fingerprint density at radius 3 is 2.44 bits per heavy atom. The third-order valence-electron chi connectivity index (χ3n) is 3.34. The molecule has 0 fully saturated rings.